The fourth-order valence-electron chi connectivity index (χ4n) is 2.29. The predicted octanol–water partition coefficient (Wildman–Crippen LogP) is 3.77. The first-order chi connectivity index (χ1) is 8.63. The number of aromatic nitrogens is 1. The van der Waals surface area contributed by atoms with E-state index in [2.05, 4.69) is 56.2 Å². The second-order valence-corrected chi connectivity index (χ2v) is 5.54. The Morgan fingerprint density at radius 3 is 2.61 bits per heavy atom. The maximum absolute atomic E-state index is 4.37. The molecule has 18 heavy (non-hydrogen) atoms. The summed E-state index contributed by atoms with van der Waals surface area (Å²) in [5.41, 5.74) is 7.07. The number of rotatable bonds is 4. The minimum absolute atomic E-state index is 0.267. The summed E-state index contributed by atoms with van der Waals surface area (Å²) in [6.07, 6.45) is 0. The van der Waals surface area contributed by atoms with E-state index in [9.17, 15) is 0 Å². The second-order valence-electron chi connectivity index (χ2n) is 4.65. The van der Waals surface area contributed by atoms with Crippen LogP contribution in [0.5, 0.6) is 0 Å². The molecule has 1 unspecified atom stereocenters. The Kier molecular flexibility index (Phi) is 4.15. The summed E-state index contributed by atoms with van der Waals surface area (Å²) in [5, 5.41) is 3.57. The monoisotopic (exact) mass is 260 g/mol. The molecule has 0 spiro atoms. The van der Waals surface area contributed by atoms with E-state index in [1.54, 1.807) is 11.3 Å². The summed E-state index contributed by atoms with van der Waals surface area (Å²) in [4.78, 5) is 5.69. The maximum Gasteiger partial charge on any atom is 0.0798 e. The van der Waals surface area contributed by atoms with E-state index in [1.807, 2.05) is 5.51 Å². The number of aryl methyl sites for hydroxylation is 3. The van der Waals surface area contributed by atoms with Crippen LogP contribution in [0.3, 0.4) is 0 Å². The second kappa shape index (κ2) is 5.63. The number of nitrogens with one attached hydrogen (secondary N) is 1. The first kappa shape index (κ1) is 13.2. The van der Waals surface area contributed by atoms with Crippen LogP contribution in [0, 0.1) is 20.8 Å². The predicted molar refractivity (Wildman–Crippen MR) is 78.3 cm³/mol. The molecule has 0 radical (unpaired) electrons. The normalized spacial score (nSPS) is 12.7. The molecule has 0 bridgehead atoms. The summed E-state index contributed by atoms with van der Waals surface area (Å²) in [7, 11) is 0. The van der Waals surface area contributed by atoms with Gasteiger partial charge in [-0.3, -0.25) is 0 Å². The van der Waals surface area contributed by atoms with Gasteiger partial charge in [-0.05, 0) is 38.4 Å². The molecule has 1 atom stereocenters. The molecule has 0 saturated carbocycles. The average Bonchev–Trinajstić information content (AvgIpc) is 2.73. The van der Waals surface area contributed by atoms with Gasteiger partial charge in [0.05, 0.1) is 17.2 Å². The van der Waals surface area contributed by atoms with Gasteiger partial charge in [-0.1, -0.05) is 30.7 Å². The minimum atomic E-state index is 0.267. The number of nitrogens with zero attached hydrogens (tertiary/aromatic N) is 1. The highest BCUT2D eigenvalue weighted by molar-refractivity contribution is 7.09. The van der Waals surface area contributed by atoms with Crippen LogP contribution >= 0.6 is 11.3 Å². The van der Waals surface area contributed by atoms with E-state index < -0.39 is 0 Å². The van der Waals surface area contributed by atoms with E-state index in [4.69, 9.17) is 0 Å². The van der Waals surface area contributed by atoms with Crippen molar-refractivity contribution < 1.29 is 0 Å². The third-order valence-electron chi connectivity index (χ3n) is 3.19. The van der Waals surface area contributed by atoms with Crippen LogP contribution in [0.4, 0.5) is 0 Å². The molecule has 1 aromatic carbocycles. The van der Waals surface area contributed by atoms with Gasteiger partial charge in [0.15, 0.2) is 0 Å². The van der Waals surface area contributed by atoms with Crippen molar-refractivity contribution in [2.45, 2.75) is 33.7 Å². The molecule has 2 aromatic rings. The lowest BCUT2D eigenvalue weighted by Gasteiger charge is -2.20. The van der Waals surface area contributed by atoms with Gasteiger partial charge in [0, 0.05) is 4.88 Å². The minimum Gasteiger partial charge on any atom is -0.306 e. The lowest BCUT2D eigenvalue weighted by atomic mass is 9.97. The molecular formula is C15H20N2S. The molecule has 0 aliphatic rings. The zero-order chi connectivity index (χ0) is 13.1. The molecule has 1 aromatic heterocycles. The zero-order valence-electron chi connectivity index (χ0n) is 11.4. The van der Waals surface area contributed by atoms with Crippen molar-refractivity contribution in [3.8, 4) is 0 Å². The van der Waals surface area contributed by atoms with Gasteiger partial charge in [-0.25, -0.2) is 4.98 Å². The van der Waals surface area contributed by atoms with E-state index in [-0.39, 0.29) is 6.04 Å². The Balaban J connectivity index is 2.45. The Labute approximate surface area is 113 Å². The van der Waals surface area contributed by atoms with Crippen LogP contribution in [-0.4, -0.2) is 11.5 Å². The SMILES string of the molecule is CCNC(c1ccc(C)cc1C)c1scnc1C. The molecule has 1 N–H and O–H groups in total. The van der Waals surface area contributed by atoms with Crippen molar-refractivity contribution in [2.75, 3.05) is 6.54 Å². The first-order valence-electron chi connectivity index (χ1n) is 6.34. The van der Waals surface area contributed by atoms with Crippen molar-refractivity contribution in [1.82, 2.24) is 10.3 Å². The van der Waals surface area contributed by atoms with Gasteiger partial charge in [0.2, 0.25) is 0 Å². The molecule has 0 fully saturated rings. The Morgan fingerprint density at radius 1 is 1.28 bits per heavy atom. The highest BCUT2D eigenvalue weighted by Gasteiger charge is 2.18. The summed E-state index contributed by atoms with van der Waals surface area (Å²) in [6.45, 7) is 9.50. The molecule has 1 heterocycles. The Morgan fingerprint density at radius 2 is 2.06 bits per heavy atom. The smallest absolute Gasteiger partial charge is 0.0798 e. The zero-order valence-corrected chi connectivity index (χ0v) is 12.3. The van der Waals surface area contributed by atoms with Gasteiger partial charge in [0.1, 0.15) is 0 Å². The van der Waals surface area contributed by atoms with Crippen LogP contribution in [0.2, 0.25) is 0 Å². The molecule has 3 heteroatoms. The summed E-state index contributed by atoms with van der Waals surface area (Å²) < 4.78 is 0. The topological polar surface area (TPSA) is 24.9 Å². The van der Waals surface area contributed by atoms with E-state index in [0.717, 1.165) is 12.2 Å². The first-order valence-corrected chi connectivity index (χ1v) is 7.22. The Bertz CT molecular complexity index is 531. The van der Waals surface area contributed by atoms with E-state index in [1.165, 1.54) is 21.6 Å². The van der Waals surface area contributed by atoms with Crippen LogP contribution in [0.25, 0.3) is 0 Å². The number of hydrogen-bond donors (Lipinski definition) is 1. The van der Waals surface area contributed by atoms with E-state index in [0.29, 0.717) is 0 Å². The third-order valence-corrected chi connectivity index (χ3v) is 4.19. The highest BCUT2D eigenvalue weighted by atomic mass is 32.1. The van der Waals surface area contributed by atoms with Crippen molar-refractivity contribution in [2.24, 2.45) is 0 Å². The number of benzene rings is 1. The molecule has 2 rings (SSSR count). The fourth-order valence-corrected chi connectivity index (χ4v) is 3.18. The van der Waals surface area contributed by atoms with Crippen LogP contribution in [-0.2, 0) is 0 Å². The van der Waals surface area contributed by atoms with Gasteiger partial charge in [-0.2, -0.15) is 0 Å². The summed E-state index contributed by atoms with van der Waals surface area (Å²) >= 11 is 1.73. The maximum atomic E-state index is 4.37. The average molecular weight is 260 g/mol. The van der Waals surface area contributed by atoms with Crippen molar-refractivity contribution in [3.63, 3.8) is 0 Å². The molecule has 96 valence electrons. The molecule has 0 aliphatic heterocycles. The van der Waals surface area contributed by atoms with Gasteiger partial charge in [-0.15, -0.1) is 11.3 Å². The van der Waals surface area contributed by atoms with Crippen molar-refractivity contribution >= 4 is 11.3 Å². The van der Waals surface area contributed by atoms with Crippen LogP contribution < -0.4 is 5.32 Å². The van der Waals surface area contributed by atoms with Crippen LogP contribution in [0.15, 0.2) is 23.7 Å². The number of thiazole rings is 1. The fraction of sp³-hybridized carbons (Fsp3) is 0.400. The highest BCUT2D eigenvalue weighted by Crippen LogP contribution is 2.30. The molecular weight excluding hydrogens is 240 g/mol. The summed E-state index contributed by atoms with van der Waals surface area (Å²) in [5.74, 6) is 0. The summed E-state index contributed by atoms with van der Waals surface area (Å²) in [6, 6.07) is 6.93. The largest absolute Gasteiger partial charge is 0.306 e. The quantitative estimate of drug-likeness (QED) is 0.905. The number of hydrogen-bond acceptors (Lipinski definition) is 3. The lowest BCUT2D eigenvalue weighted by molar-refractivity contribution is 0.632. The van der Waals surface area contributed by atoms with Crippen LogP contribution in [0.1, 0.15) is 40.2 Å². The van der Waals surface area contributed by atoms with Crippen molar-refractivity contribution in [1.29, 1.82) is 0 Å². The van der Waals surface area contributed by atoms with Gasteiger partial charge in [0.25, 0.3) is 0 Å². The molecule has 0 amide bonds. The molecule has 0 saturated heterocycles. The third kappa shape index (κ3) is 2.62. The Hall–Kier alpha value is -1.19. The lowest BCUT2D eigenvalue weighted by Crippen LogP contribution is -2.22. The molecule has 0 aliphatic carbocycles. The molecule has 2 nitrogen and oxygen atoms in total. The van der Waals surface area contributed by atoms with Gasteiger partial charge >= 0.3 is 0 Å². The van der Waals surface area contributed by atoms with E-state index >= 15 is 0 Å². The van der Waals surface area contributed by atoms with Gasteiger partial charge < -0.3 is 5.32 Å². The van der Waals surface area contributed by atoms with Crippen molar-refractivity contribution in [3.05, 3.63) is 51.0 Å². The standard InChI is InChI=1S/C15H20N2S/c1-5-16-14(15-12(4)17-9-18-15)13-7-6-10(2)8-11(13)3/h6-9,14,16H,5H2,1-4H3.